The van der Waals surface area contributed by atoms with Gasteiger partial charge < -0.3 is 10.6 Å². The summed E-state index contributed by atoms with van der Waals surface area (Å²) in [6.07, 6.45) is 8.93. The van der Waals surface area contributed by atoms with Crippen molar-refractivity contribution >= 4 is 11.6 Å². The topological polar surface area (TPSA) is 46.3 Å². The van der Waals surface area contributed by atoms with Crippen molar-refractivity contribution in [3.63, 3.8) is 0 Å². The highest BCUT2D eigenvalue weighted by Crippen LogP contribution is 2.11. The maximum atomic E-state index is 11.9. The lowest BCUT2D eigenvalue weighted by molar-refractivity contribution is -0.130. The van der Waals surface area contributed by atoms with E-state index in [1.54, 1.807) is 0 Å². The molecule has 0 saturated carbocycles. The van der Waals surface area contributed by atoms with Crippen LogP contribution in [0.5, 0.6) is 0 Å². The second kappa shape index (κ2) is 6.98. The molecule has 3 heteroatoms. The number of benzene rings is 1. The van der Waals surface area contributed by atoms with E-state index in [1.807, 2.05) is 17.0 Å². The SMILES string of the molecule is Nc1ccc(CCCCC(=O)N2CC=CCC2)cc1. The molecule has 0 bridgehead atoms. The summed E-state index contributed by atoms with van der Waals surface area (Å²) >= 11 is 0. The van der Waals surface area contributed by atoms with Gasteiger partial charge in [-0.3, -0.25) is 4.79 Å². The summed E-state index contributed by atoms with van der Waals surface area (Å²) in [5.41, 5.74) is 7.75. The Morgan fingerprint density at radius 1 is 1.16 bits per heavy atom. The zero-order chi connectivity index (χ0) is 13.5. The Morgan fingerprint density at radius 2 is 1.95 bits per heavy atom. The molecule has 19 heavy (non-hydrogen) atoms. The van der Waals surface area contributed by atoms with Gasteiger partial charge in [-0.15, -0.1) is 0 Å². The van der Waals surface area contributed by atoms with Crippen LogP contribution < -0.4 is 5.73 Å². The summed E-state index contributed by atoms with van der Waals surface area (Å²) in [5, 5.41) is 0. The molecule has 2 rings (SSSR count). The number of rotatable bonds is 5. The quantitative estimate of drug-likeness (QED) is 0.501. The number of amides is 1. The van der Waals surface area contributed by atoms with Crippen molar-refractivity contribution in [3.05, 3.63) is 42.0 Å². The summed E-state index contributed by atoms with van der Waals surface area (Å²) in [6, 6.07) is 7.99. The summed E-state index contributed by atoms with van der Waals surface area (Å²) < 4.78 is 0. The maximum Gasteiger partial charge on any atom is 0.222 e. The molecular formula is C16H22N2O. The molecule has 1 aromatic carbocycles. The van der Waals surface area contributed by atoms with Gasteiger partial charge in [0.25, 0.3) is 0 Å². The van der Waals surface area contributed by atoms with Crippen LogP contribution in [-0.4, -0.2) is 23.9 Å². The van der Waals surface area contributed by atoms with Crippen molar-refractivity contribution in [2.45, 2.75) is 32.1 Å². The Hall–Kier alpha value is -1.77. The zero-order valence-corrected chi connectivity index (χ0v) is 11.3. The van der Waals surface area contributed by atoms with Gasteiger partial charge in [0.15, 0.2) is 0 Å². The Labute approximate surface area is 115 Å². The van der Waals surface area contributed by atoms with E-state index in [4.69, 9.17) is 5.73 Å². The molecule has 0 fully saturated rings. The van der Waals surface area contributed by atoms with Crippen LogP contribution in [0.4, 0.5) is 5.69 Å². The third-order valence-corrected chi connectivity index (χ3v) is 3.50. The van der Waals surface area contributed by atoms with Crippen LogP contribution in [0.2, 0.25) is 0 Å². The Kier molecular flexibility index (Phi) is 5.01. The summed E-state index contributed by atoms with van der Waals surface area (Å²) in [6.45, 7) is 1.67. The van der Waals surface area contributed by atoms with Gasteiger partial charge in [-0.1, -0.05) is 24.3 Å². The zero-order valence-electron chi connectivity index (χ0n) is 11.3. The predicted octanol–water partition coefficient (Wildman–Crippen LogP) is 2.77. The molecule has 0 aliphatic carbocycles. The summed E-state index contributed by atoms with van der Waals surface area (Å²) in [4.78, 5) is 13.9. The highest BCUT2D eigenvalue weighted by atomic mass is 16.2. The van der Waals surface area contributed by atoms with Crippen molar-refractivity contribution in [1.29, 1.82) is 0 Å². The van der Waals surface area contributed by atoms with Gasteiger partial charge in [0.2, 0.25) is 5.91 Å². The van der Waals surface area contributed by atoms with Crippen LogP contribution in [-0.2, 0) is 11.2 Å². The molecule has 1 heterocycles. The van der Waals surface area contributed by atoms with Gasteiger partial charge in [0, 0.05) is 25.2 Å². The van der Waals surface area contributed by atoms with Crippen LogP contribution in [0, 0.1) is 0 Å². The van der Waals surface area contributed by atoms with E-state index in [1.165, 1.54) is 5.56 Å². The molecule has 102 valence electrons. The molecule has 1 aromatic rings. The fourth-order valence-corrected chi connectivity index (χ4v) is 2.32. The number of aryl methyl sites for hydroxylation is 1. The molecule has 0 atom stereocenters. The van der Waals surface area contributed by atoms with Crippen molar-refractivity contribution in [2.75, 3.05) is 18.8 Å². The molecule has 0 aromatic heterocycles. The van der Waals surface area contributed by atoms with Crippen molar-refractivity contribution in [1.82, 2.24) is 4.90 Å². The molecule has 0 unspecified atom stereocenters. The molecule has 1 aliphatic rings. The van der Waals surface area contributed by atoms with Gasteiger partial charge >= 0.3 is 0 Å². The first kappa shape index (κ1) is 13.7. The maximum absolute atomic E-state index is 11.9. The van der Waals surface area contributed by atoms with E-state index in [0.29, 0.717) is 12.3 Å². The smallest absolute Gasteiger partial charge is 0.222 e. The molecule has 0 radical (unpaired) electrons. The number of hydrogen-bond acceptors (Lipinski definition) is 2. The van der Waals surface area contributed by atoms with Crippen molar-refractivity contribution in [3.8, 4) is 0 Å². The van der Waals surface area contributed by atoms with E-state index in [-0.39, 0.29) is 0 Å². The number of carbonyl (C=O) groups is 1. The number of nitrogen functional groups attached to an aromatic ring is 1. The largest absolute Gasteiger partial charge is 0.399 e. The van der Waals surface area contributed by atoms with Gasteiger partial charge in [0.05, 0.1) is 0 Å². The average Bonchev–Trinajstić information content (AvgIpc) is 2.46. The standard InChI is InChI=1S/C16H22N2O/c17-15-10-8-14(9-11-15)6-2-3-7-16(19)18-12-4-1-5-13-18/h1,4,8-11H,2-3,5-7,12-13,17H2. The van der Waals surface area contributed by atoms with Crippen LogP contribution in [0.1, 0.15) is 31.2 Å². The number of anilines is 1. The van der Waals surface area contributed by atoms with Crippen LogP contribution >= 0.6 is 0 Å². The number of carbonyl (C=O) groups excluding carboxylic acids is 1. The molecule has 1 aliphatic heterocycles. The van der Waals surface area contributed by atoms with E-state index in [9.17, 15) is 4.79 Å². The van der Waals surface area contributed by atoms with E-state index in [0.717, 1.165) is 44.5 Å². The Balaban J connectivity index is 1.65. The monoisotopic (exact) mass is 258 g/mol. The fourth-order valence-electron chi connectivity index (χ4n) is 2.32. The minimum Gasteiger partial charge on any atom is -0.399 e. The fraction of sp³-hybridized carbons (Fsp3) is 0.438. The molecular weight excluding hydrogens is 236 g/mol. The molecule has 2 N–H and O–H groups in total. The molecule has 1 amide bonds. The Morgan fingerprint density at radius 3 is 2.63 bits per heavy atom. The minimum absolute atomic E-state index is 0.293. The predicted molar refractivity (Wildman–Crippen MR) is 78.7 cm³/mol. The number of unbranched alkanes of at least 4 members (excludes halogenated alkanes) is 1. The van der Waals surface area contributed by atoms with Gasteiger partial charge in [-0.2, -0.15) is 0 Å². The van der Waals surface area contributed by atoms with Crippen LogP contribution in [0.25, 0.3) is 0 Å². The molecule has 0 saturated heterocycles. The van der Waals surface area contributed by atoms with Crippen molar-refractivity contribution in [2.24, 2.45) is 0 Å². The van der Waals surface area contributed by atoms with Crippen LogP contribution in [0.15, 0.2) is 36.4 Å². The average molecular weight is 258 g/mol. The number of nitrogens with zero attached hydrogens (tertiary/aromatic N) is 1. The first-order valence-electron chi connectivity index (χ1n) is 7.03. The third-order valence-electron chi connectivity index (χ3n) is 3.50. The van der Waals surface area contributed by atoms with E-state index >= 15 is 0 Å². The van der Waals surface area contributed by atoms with Crippen molar-refractivity contribution < 1.29 is 4.79 Å². The number of hydrogen-bond donors (Lipinski definition) is 1. The van der Waals surface area contributed by atoms with E-state index < -0.39 is 0 Å². The Bertz CT molecular complexity index is 437. The summed E-state index contributed by atoms with van der Waals surface area (Å²) in [5.74, 6) is 0.293. The lowest BCUT2D eigenvalue weighted by Gasteiger charge is -2.23. The lowest BCUT2D eigenvalue weighted by Crippen LogP contribution is -2.33. The van der Waals surface area contributed by atoms with Gasteiger partial charge in [0.1, 0.15) is 0 Å². The van der Waals surface area contributed by atoms with Gasteiger partial charge in [-0.05, 0) is 43.4 Å². The first-order chi connectivity index (χ1) is 9.25. The van der Waals surface area contributed by atoms with Gasteiger partial charge in [-0.25, -0.2) is 0 Å². The summed E-state index contributed by atoms with van der Waals surface area (Å²) in [7, 11) is 0. The minimum atomic E-state index is 0.293. The number of nitrogens with two attached hydrogens (primary N) is 1. The third kappa shape index (κ3) is 4.43. The normalized spacial score (nSPS) is 14.6. The second-order valence-corrected chi connectivity index (χ2v) is 5.05. The highest BCUT2D eigenvalue weighted by molar-refractivity contribution is 5.76. The molecule has 3 nitrogen and oxygen atoms in total. The highest BCUT2D eigenvalue weighted by Gasteiger charge is 2.12. The van der Waals surface area contributed by atoms with Crippen LogP contribution in [0.3, 0.4) is 0 Å². The second-order valence-electron chi connectivity index (χ2n) is 5.05. The first-order valence-corrected chi connectivity index (χ1v) is 7.03. The van der Waals surface area contributed by atoms with E-state index in [2.05, 4.69) is 24.3 Å². The lowest BCUT2D eigenvalue weighted by atomic mass is 10.1. The molecule has 0 spiro atoms.